The fraction of sp³-hybridized carbons (Fsp3) is 0.222. The Balaban J connectivity index is 1.98. The predicted octanol–water partition coefficient (Wildman–Crippen LogP) is 4.21. The predicted molar refractivity (Wildman–Crippen MR) is 95.8 cm³/mol. The second-order valence-electron chi connectivity index (χ2n) is 5.41. The molecule has 0 saturated heterocycles. The van der Waals surface area contributed by atoms with Gasteiger partial charge in [0.1, 0.15) is 5.82 Å². The first-order valence-corrected chi connectivity index (χ1v) is 8.34. The Labute approximate surface area is 144 Å². The van der Waals surface area contributed by atoms with Gasteiger partial charge in [-0.2, -0.15) is 0 Å². The fourth-order valence-electron chi connectivity index (χ4n) is 2.04. The van der Waals surface area contributed by atoms with Crippen LogP contribution in [0.5, 0.6) is 0 Å². The first kappa shape index (κ1) is 18.0. The molecule has 126 valence electrons. The van der Waals surface area contributed by atoms with Crippen molar-refractivity contribution in [2.75, 3.05) is 10.6 Å². The lowest BCUT2D eigenvalue weighted by Crippen LogP contribution is -2.22. The van der Waals surface area contributed by atoms with Crippen molar-refractivity contribution in [1.29, 1.82) is 0 Å². The minimum Gasteiger partial charge on any atom is -0.326 e. The third kappa shape index (κ3) is 5.09. The maximum atomic E-state index is 13.3. The minimum absolute atomic E-state index is 0.131. The van der Waals surface area contributed by atoms with Gasteiger partial charge in [0.15, 0.2) is 0 Å². The molecule has 1 atom stereocenters. The van der Waals surface area contributed by atoms with Gasteiger partial charge in [-0.1, -0.05) is 6.07 Å². The Morgan fingerprint density at radius 3 is 2.38 bits per heavy atom. The molecule has 4 nitrogen and oxygen atoms in total. The van der Waals surface area contributed by atoms with Crippen LogP contribution in [0, 0.1) is 12.7 Å². The average molecular weight is 346 g/mol. The quantitative estimate of drug-likeness (QED) is 0.797. The second-order valence-corrected chi connectivity index (χ2v) is 6.83. The van der Waals surface area contributed by atoms with Gasteiger partial charge in [0.25, 0.3) is 0 Å². The van der Waals surface area contributed by atoms with Crippen LogP contribution in [0.15, 0.2) is 47.4 Å². The number of benzene rings is 2. The van der Waals surface area contributed by atoms with Crippen molar-refractivity contribution in [1.82, 2.24) is 0 Å². The number of hydrogen-bond donors (Lipinski definition) is 2. The Morgan fingerprint density at radius 1 is 1.08 bits per heavy atom. The number of carbonyl (C=O) groups is 2. The zero-order valence-electron chi connectivity index (χ0n) is 13.7. The molecule has 1 unspecified atom stereocenters. The maximum absolute atomic E-state index is 13.3. The zero-order chi connectivity index (χ0) is 17.7. The number of thioether (sulfide) groups is 1. The molecule has 0 heterocycles. The highest BCUT2D eigenvalue weighted by Gasteiger charge is 2.15. The van der Waals surface area contributed by atoms with E-state index < -0.39 is 0 Å². The molecular weight excluding hydrogens is 327 g/mol. The normalized spacial score (nSPS) is 11.7. The number of aryl methyl sites for hydroxylation is 1. The molecule has 2 aromatic rings. The van der Waals surface area contributed by atoms with Gasteiger partial charge in [-0.05, 0) is 55.8 Å². The van der Waals surface area contributed by atoms with E-state index in [0.29, 0.717) is 11.4 Å². The molecule has 0 aliphatic rings. The molecule has 0 saturated carbocycles. The first-order chi connectivity index (χ1) is 11.3. The lowest BCUT2D eigenvalue weighted by atomic mass is 10.2. The first-order valence-electron chi connectivity index (χ1n) is 7.46. The van der Waals surface area contributed by atoms with Crippen LogP contribution < -0.4 is 10.6 Å². The van der Waals surface area contributed by atoms with E-state index in [1.54, 1.807) is 25.1 Å². The van der Waals surface area contributed by atoms with Gasteiger partial charge in [0.05, 0.1) is 5.25 Å². The summed E-state index contributed by atoms with van der Waals surface area (Å²) in [5.41, 5.74) is 1.99. The molecule has 2 rings (SSSR count). The Morgan fingerprint density at radius 2 is 1.75 bits per heavy atom. The largest absolute Gasteiger partial charge is 0.326 e. The van der Waals surface area contributed by atoms with E-state index in [-0.39, 0.29) is 22.9 Å². The number of carbonyl (C=O) groups excluding carboxylic acids is 2. The van der Waals surface area contributed by atoms with E-state index in [0.717, 1.165) is 10.5 Å². The maximum Gasteiger partial charge on any atom is 0.237 e. The van der Waals surface area contributed by atoms with Crippen molar-refractivity contribution in [2.45, 2.75) is 30.9 Å². The molecule has 0 radical (unpaired) electrons. The number of anilines is 2. The highest BCUT2D eigenvalue weighted by atomic mass is 32.2. The highest BCUT2D eigenvalue weighted by Crippen LogP contribution is 2.26. The average Bonchev–Trinajstić information content (AvgIpc) is 2.52. The topological polar surface area (TPSA) is 58.2 Å². The molecular formula is C18H19FN2O2S. The summed E-state index contributed by atoms with van der Waals surface area (Å²) in [5.74, 6) is -0.710. The smallest absolute Gasteiger partial charge is 0.237 e. The van der Waals surface area contributed by atoms with Gasteiger partial charge in [-0.15, -0.1) is 11.8 Å². The lowest BCUT2D eigenvalue weighted by Gasteiger charge is -2.14. The van der Waals surface area contributed by atoms with Crippen LogP contribution in [0.4, 0.5) is 15.8 Å². The summed E-state index contributed by atoms with van der Waals surface area (Å²) >= 11 is 1.39. The third-order valence-electron chi connectivity index (χ3n) is 3.31. The van der Waals surface area contributed by atoms with Crippen molar-refractivity contribution in [3.05, 3.63) is 53.8 Å². The van der Waals surface area contributed by atoms with E-state index in [1.165, 1.54) is 30.8 Å². The van der Waals surface area contributed by atoms with Crippen LogP contribution in [-0.2, 0) is 9.59 Å². The van der Waals surface area contributed by atoms with E-state index in [9.17, 15) is 14.0 Å². The highest BCUT2D eigenvalue weighted by molar-refractivity contribution is 8.00. The van der Waals surface area contributed by atoms with Crippen LogP contribution in [0.25, 0.3) is 0 Å². The standard InChI is InChI=1S/C18H19FN2O2S/c1-11-4-5-14(19)10-17(11)21-18(23)12(2)24-16-8-6-15(7-9-16)20-13(3)22/h4-10,12H,1-3H3,(H,20,22)(H,21,23). The van der Waals surface area contributed by atoms with Crippen molar-refractivity contribution in [3.63, 3.8) is 0 Å². The fourth-order valence-corrected chi connectivity index (χ4v) is 2.91. The molecule has 0 spiro atoms. The Hall–Kier alpha value is -2.34. The van der Waals surface area contributed by atoms with E-state index in [1.807, 2.05) is 19.1 Å². The van der Waals surface area contributed by atoms with Crippen LogP contribution >= 0.6 is 11.8 Å². The summed E-state index contributed by atoms with van der Waals surface area (Å²) in [6.07, 6.45) is 0. The molecule has 0 bridgehead atoms. The van der Waals surface area contributed by atoms with Crippen LogP contribution in [-0.4, -0.2) is 17.1 Å². The minimum atomic E-state index is -0.384. The monoisotopic (exact) mass is 346 g/mol. The molecule has 2 N–H and O–H groups in total. The molecule has 0 aliphatic carbocycles. The molecule has 0 aliphatic heterocycles. The molecule has 0 aromatic heterocycles. The number of hydrogen-bond acceptors (Lipinski definition) is 3. The van der Waals surface area contributed by atoms with E-state index >= 15 is 0 Å². The number of halogens is 1. The zero-order valence-corrected chi connectivity index (χ0v) is 14.5. The van der Waals surface area contributed by atoms with Gasteiger partial charge >= 0.3 is 0 Å². The second kappa shape index (κ2) is 7.97. The summed E-state index contributed by atoms with van der Waals surface area (Å²) in [6, 6.07) is 11.5. The molecule has 0 fully saturated rings. The summed E-state index contributed by atoms with van der Waals surface area (Å²) in [5, 5.41) is 5.09. The van der Waals surface area contributed by atoms with Gasteiger partial charge in [0.2, 0.25) is 11.8 Å². The molecule has 2 aromatic carbocycles. The molecule has 24 heavy (non-hydrogen) atoms. The Kier molecular flexibility index (Phi) is 5.98. The number of amides is 2. The van der Waals surface area contributed by atoms with Gasteiger partial charge in [-0.25, -0.2) is 4.39 Å². The SMILES string of the molecule is CC(=O)Nc1ccc(SC(C)C(=O)Nc2cc(F)ccc2C)cc1. The van der Waals surface area contributed by atoms with Gasteiger partial charge < -0.3 is 10.6 Å². The summed E-state index contributed by atoms with van der Waals surface area (Å²) in [7, 11) is 0. The third-order valence-corrected chi connectivity index (χ3v) is 4.43. The van der Waals surface area contributed by atoms with Crippen molar-refractivity contribution >= 4 is 35.0 Å². The lowest BCUT2D eigenvalue weighted by molar-refractivity contribution is -0.115. The van der Waals surface area contributed by atoms with Crippen LogP contribution in [0.1, 0.15) is 19.4 Å². The van der Waals surface area contributed by atoms with E-state index in [2.05, 4.69) is 10.6 Å². The summed E-state index contributed by atoms with van der Waals surface area (Å²) < 4.78 is 13.3. The van der Waals surface area contributed by atoms with Crippen LogP contribution in [0.2, 0.25) is 0 Å². The van der Waals surface area contributed by atoms with Crippen molar-refractivity contribution in [3.8, 4) is 0 Å². The molecule has 2 amide bonds. The summed E-state index contributed by atoms with van der Waals surface area (Å²) in [4.78, 5) is 24.2. The summed E-state index contributed by atoms with van der Waals surface area (Å²) in [6.45, 7) is 5.05. The van der Waals surface area contributed by atoms with Crippen molar-refractivity contribution < 1.29 is 14.0 Å². The number of nitrogens with one attached hydrogen (secondary N) is 2. The van der Waals surface area contributed by atoms with Crippen LogP contribution in [0.3, 0.4) is 0 Å². The van der Waals surface area contributed by atoms with Gasteiger partial charge in [0, 0.05) is 23.2 Å². The Bertz CT molecular complexity index is 747. The van der Waals surface area contributed by atoms with Crippen molar-refractivity contribution in [2.24, 2.45) is 0 Å². The molecule has 6 heteroatoms. The van der Waals surface area contributed by atoms with E-state index in [4.69, 9.17) is 0 Å². The van der Waals surface area contributed by atoms with Gasteiger partial charge in [-0.3, -0.25) is 9.59 Å². The number of rotatable bonds is 5.